The average molecular weight is 272 g/mol. The quantitative estimate of drug-likeness (QED) is 0.622. The fourth-order valence-electron chi connectivity index (χ4n) is 2.12. The van der Waals surface area contributed by atoms with Gasteiger partial charge >= 0.3 is 5.97 Å². The van der Waals surface area contributed by atoms with Crippen molar-refractivity contribution in [2.24, 2.45) is 0 Å². The van der Waals surface area contributed by atoms with Crippen molar-refractivity contribution < 1.29 is 9.53 Å². The highest BCUT2D eigenvalue weighted by atomic mass is 16.5. The van der Waals surface area contributed by atoms with Gasteiger partial charge in [0.25, 0.3) is 0 Å². The number of benzene rings is 1. The molecular formula is C16H20N2O2. The molecule has 0 aliphatic heterocycles. The second-order valence-corrected chi connectivity index (χ2v) is 4.57. The molecule has 0 unspecified atom stereocenters. The second-order valence-electron chi connectivity index (χ2n) is 4.57. The molecular weight excluding hydrogens is 252 g/mol. The zero-order valence-corrected chi connectivity index (χ0v) is 11.8. The Morgan fingerprint density at radius 1 is 1.30 bits per heavy atom. The Morgan fingerprint density at radius 3 is 3.00 bits per heavy atom. The molecule has 1 N–H and O–H groups in total. The summed E-state index contributed by atoms with van der Waals surface area (Å²) in [7, 11) is 0. The molecule has 0 bridgehead atoms. The summed E-state index contributed by atoms with van der Waals surface area (Å²) in [5.41, 5.74) is 2.24. The van der Waals surface area contributed by atoms with Crippen molar-refractivity contribution in [2.75, 3.05) is 13.2 Å². The van der Waals surface area contributed by atoms with E-state index in [-0.39, 0.29) is 5.97 Å². The summed E-state index contributed by atoms with van der Waals surface area (Å²) in [5.74, 6) is -0.122. The van der Waals surface area contributed by atoms with E-state index in [0.717, 1.165) is 25.0 Å². The van der Waals surface area contributed by atoms with Crippen LogP contribution in [0.1, 0.15) is 25.3 Å². The topological polar surface area (TPSA) is 51.2 Å². The molecule has 1 aromatic heterocycles. The lowest BCUT2D eigenvalue weighted by Gasteiger charge is -2.07. The van der Waals surface area contributed by atoms with E-state index < -0.39 is 0 Å². The monoisotopic (exact) mass is 272 g/mol. The van der Waals surface area contributed by atoms with Crippen LogP contribution in [0.2, 0.25) is 0 Å². The van der Waals surface area contributed by atoms with Gasteiger partial charge in [0, 0.05) is 24.5 Å². The zero-order chi connectivity index (χ0) is 14.2. The number of para-hydroxylation sites is 1. The molecule has 106 valence electrons. The van der Waals surface area contributed by atoms with Crippen LogP contribution in [0, 0.1) is 0 Å². The average Bonchev–Trinajstić information content (AvgIpc) is 2.47. The summed E-state index contributed by atoms with van der Waals surface area (Å²) in [5, 5.41) is 4.53. The summed E-state index contributed by atoms with van der Waals surface area (Å²) >= 11 is 0. The summed E-state index contributed by atoms with van der Waals surface area (Å²) in [4.78, 5) is 15.5. The van der Waals surface area contributed by atoms with E-state index in [1.54, 1.807) is 0 Å². The van der Waals surface area contributed by atoms with Crippen LogP contribution in [0.15, 0.2) is 36.5 Å². The molecule has 0 spiro atoms. The van der Waals surface area contributed by atoms with E-state index >= 15 is 0 Å². The molecule has 1 heterocycles. The van der Waals surface area contributed by atoms with Crippen LogP contribution in [0.4, 0.5) is 0 Å². The number of rotatable bonds is 7. The van der Waals surface area contributed by atoms with Gasteiger partial charge in [-0.2, -0.15) is 0 Å². The van der Waals surface area contributed by atoms with Crippen LogP contribution < -0.4 is 5.32 Å². The van der Waals surface area contributed by atoms with E-state index in [4.69, 9.17) is 4.74 Å². The predicted octanol–water partition coefficient (Wildman–Crippen LogP) is 2.67. The molecule has 0 aliphatic carbocycles. The molecule has 0 fully saturated rings. The molecule has 2 aromatic rings. The lowest BCUT2D eigenvalue weighted by Crippen LogP contribution is -2.16. The van der Waals surface area contributed by atoms with Crippen molar-refractivity contribution in [3.63, 3.8) is 0 Å². The lowest BCUT2D eigenvalue weighted by molar-refractivity contribution is -0.143. The van der Waals surface area contributed by atoms with Crippen molar-refractivity contribution in [1.29, 1.82) is 0 Å². The highest BCUT2D eigenvalue weighted by Crippen LogP contribution is 2.15. The zero-order valence-electron chi connectivity index (χ0n) is 11.8. The fourth-order valence-corrected chi connectivity index (χ4v) is 2.12. The number of aromatic nitrogens is 1. The van der Waals surface area contributed by atoms with Gasteiger partial charge in [-0.1, -0.05) is 18.2 Å². The van der Waals surface area contributed by atoms with Gasteiger partial charge in [-0.3, -0.25) is 9.78 Å². The number of hydrogen-bond acceptors (Lipinski definition) is 4. The fraction of sp³-hybridized carbons (Fsp3) is 0.375. The highest BCUT2D eigenvalue weighted by Gasteiger charge is 2.02. The Labute approximate surface area is 119 Å². The van der Waals surface area contributed by atoms with Crippen LogP contribution >= 0.6 is 0 Å². The molecule has 0 atom stereocenters. The van der Waals surface area contributed by atoms with Crippen LogP contribution in [-0.2, 0) is 16.1 Å². The molecule has 1 aromatic carbocycles. The van der Waals surface area contributed by atoms with Crippen molar-refractivity contribution in [1.82, 2.24) is 10.3 Å². The number of carbonyl (C=O) groups excluding carboxylic acids is 1. The molecule has 20 heavy (non-hydrogen) atoms. The first kappa shape index (κ1) is 14.5. The summed E-state index contributed by atoms with van der Waals surface area (Å²) < 4.78 is 4.89. The molecule has 0 aliphatic rings. The number of pyridine rings is 1. The van der Waals surface area contributed by atoms with Gasteiger partial charge in [0.05, 0.1) is 12.1 Å². The lowest BCUT2D eigenvalue weighted by atomic mass is 10.1. The molecule has 0 saturated carbocycles. The second kappa shape index (κ2) is 7.60. The van der Waals surface area contributed by atoms with Gasteiger partial charge < -0.3 is 10.1 Å². The Kier molecular flexibility index (Phi) is 5.50. The standard InChI is InChI=1S/C16H20N2O2/c1-2-20-16(19)8-5-10-17-12-13-9-11-18-15-7-4-3-6-14(13)15/h3-4,6-7,9,11,17H,2,5,8,10,12H2,1H3. The van der Waals surface area contributed by atoms with E-state index in [1.807, 2.05) is 37.4 Å². The summed E-state index contributed by atoms with van der Waals surface area (Å²) in [6, 6.07) is 10.1. The maximum atomic E-state index is 11.2. The normalized spacial score (nSPS) is 10.7. The smallest absolute Gasteiger partial charge is 0.305 e. The van der Waals surface area contributed by atoms with E-state index in [0.29, 0.717) is 13.0 Å². The SMILES string of the molecule is CCOC(=O)CCCNCc1ccnc2ccccc12. The first-order valence-corrected chi connectivity index (χ1v) is 7.00. The minimum absolute atomic E-state index is 0.122. The molecule has 4 heteroatoms. The number of nitrogens with zero attached hydrogens (tertiary/aromatic N) is 1. The highest BCUT2D eigenvalue weighted by molar-refractivity contribution is 5.81. The Bertz CT molecular complexity index is 564. The third-order valence-electron chi connectivity index (χ3n) is 3.09. The number of ether oxygens (including phenoxy) is 1. The summed E-state index contributed by atoms with van der Waals surface area (Å²) in [6.07, 6.45) is 3.09. The van der Waals surface area contributed by atoms with Gasteiger partial charge in [-0.25, -0.2) is 0 Å². The first-order valence-electron chi connectivity index (χ1n) is 7.00. The predicted molar refractivity (Wildman–Crippen MR) is 79.3 cm³/mol. The molecule has 0 saturated heterocycles. The van der Waals surface area contributed by atoms with Crippen LogP contribution in [0.5, 0.6) is 0 Å². The van der Waals surface area contributed by atoms with Crippen molar-refractivity contribution in [3.05, 3.63) is 42.1 Å². The summed E-state index contributed by atoms with van der Waals surface area (Å²) in [6.45, 7) is 3.86. The van der Waals surface area contributed by atoms with Crippen molar-refractivity contribution >= 4 is 16.9 Å². The number of hydrogen-bond donors (Lipinski definition) is 1. The van der Waals surface area contributed by atoms with Gasteiger partial charge in [-0.15, -0.1) is 0 Å². The molecule has 0 radical (unpaired) electrons. The minimum Gasteiger partial charge on any atom is -0.466 e. The molecule has 2 rings (SSSR count). The van der Waals surface area contributed by atoms with Crippen molar-refractivity contribution in [2.45, 2.75) is 26.3 Å². The van der Waals surface area contributed by atoms with E-state index in [1.165, 1.54) is 10.9 Å². The Hall–Kier alpha value is -1.94. The van der Waals surface area contributed by atoms with E-state index in [2.05, 4.69) is 16.4 Å². The number of carbonyl (C=O) groups is 1. The van der Waals surface area contributed by atoms with Crippen LogP contribution in [0.3, 0.4) is 0 Å². The third-order valence-corrected chi connectivity index (χ3v) is 3.09. The maximum absolute atomic E-state index is 11.2. The number of fused-ring (bicyclic) bond motifs is 1. The number of esters is 1. The minimum atomic E-state index is -0.122. The molecule has 4 nitrogen and oxygen atoms in total. The number of nitrogens with one attached hydrogen (secondary N) is 1. The Balaban J connectivity index is 1.80. The van der Waals surface area contributed by atoms with Gasteiger partial charge in [0.2, 0.25) is 0 Å². The molecule has 0 amide bonds. The third kappa shape index (κ3) is 4.03. The van der Waals surface area contributed by atoms with Crippen LogP contribution in [-0.4, -0.2) is 24.1 Å². The Morgan fingerprint density at radius 2 is 2.15 bits per heavy atom. The largest absolute Gasteiger partial charge is 0.466 e. The van der Waals surface area contributed by atoms with E-state index in [9.17, 15) is 4.79 Å². The first-order chi connectivity index (χ1) is 9.81. The van der Waals surface area contributed by atoms with Gasteiger partial charge in [-0.05, 0) is 37.6 Å². The van der Waals surface area contributed by atoms with Crippen LogP contribution in [0.25, 0.3) is 10.9 Å². The van der Waals surface area contributed by atoms with Gasteiger partial charge in [0.15, 0.2) is 0 Å². The maximum Gasteiger partial charge on any atom is 0.305 e. The van der Waals surface area contributed by atoms with Gasteiger partial charge in [0.1, 0.15) is 0 Å². The van der Waals surface area contributed by atoms with Crippen molar-refractivity contribution in [3.8, 4) is 0 Å².